The highest BCUT2D eigenvalue weighted by Crippen LogP contribution is 2.35. The van der Waals surface area contributed by atoms with E-state index in [-0.39, 0.29) is 23.0 Å². The largest absolute Gasteiger partial charge is 0.416 e. The number of terminal acetylenes is 1. The summed E-state index contributed by atoms with van der Waals surface area (Å²) in [5, 5.41) is 5.73. The third-order valence-corrected chi connectivity index (χ3v) is 5.57. The zero-order valence-corrected chi connectivity index (χ0v) is 17.6. The highest BCUT2D eigenvalue weighted by molar-refractivity contribution is 6.09. The van der Waals surface area contributed by atoms with Gasteiger partial charge in [-0.05, 0) is 59.8 Å². The van der Waals surface area contributed by atoms with Crippen LogP contribution in [0, 0.1) is 17.3 Å². The number of nitrogens with zero attached hydrogens (tertiary/aromatic N) is 2. The van der Waals surface area contributed by atoms with Gasteiger partial charge in [-0.3, -0.25) is 14.5 Å². The number of carbonyl (C=O) groups is 2. The highest BCUT2D eigenvalue weighted by Gasteiger charge is 2.36. The second-order valence-electron chi connectivity index (χ2n) is 7.80. The van der Waals surface area contributed by atoms with Gasteiger partial charge in [-0.15, -0.1) is 11.3 Å². The van der Waals surface area contributed by atoms with Crippen molar-refractivity contribution in [1.29, 1.82) is 0 Å². The summed E-state index contributed by atoms with van der Waals surface area (Å²) in [5.74, 6) is 0.360. The molecule has 0 aliphatic heterocycles. The maximum Gasteiger partial charge on any atom is 0.416 e. The van der Waals surface area contributed by atoms with E-state index in [1.807, 2.05) is 5.92 Å². The minimum Gasteiger partial charge on any atom is -0.351 e. The van der Waals surface area contributed by atoms with Crippen molar-refractivity contribution in [3.63, 3.8) is 0 Å². The molecule has 1 fully saturated rings. The number of hydrogen-bond acceptors (Lipinski definition) is 4. The number of hydrogen-bond donors (Lipinski definition) is 1. The average molecular weight is 457 g/mol. The van der Waals surface area contributed by atoms with Crippen LogP contribution in [0.2, 0.25) is 0 Å². The Labute approximate surface area is 189 Å². The molecular weight excluding hydrogens is 435 g/mol. The van der Waals surface area contributed by atoms with Crippen molar-refractivity contribution in [2.24, 2.45) is 5.18 Å². The number of rotatable bonds is 6. The van der Waals surface area contributed by atoms with Crippen LogP contribution in [-0.4, -0.2) is 17.9 Å². The van der Waals surface area contributed by atoms with Crippen molar-refractivity contribution in [3.8, 4) is 12.3 Å². The second-order valence-corrected chi connectivity index (χ2v) is 7.80. The maximum absolute atomic E-state index is 13.4. The van der Waals surface area contributed by atoms with Crippen LogP contribution in [-0.2, 0) is 15.8 Å². The molecule has 1 unspecified atom stereocenters. The Balaban J connectivity index is 2.09. The van der Waals surface area contributed by atoms with Crippen molar-refractivity contribution < 1.29 is 22.8 Å². The number of halogens is 3. The van der Waals surface area contributed by atoms with Crippen molar-refractivity contribution in [2.75, 3.05) is 4.90 Å². The predicted molar refractivity (Wildman–Crippen MR) is 117 cm³/mol. The molecule has 0 radical (unpaired) electrons. The molecule has 1 aliphatic carbocycles. The van der Waals surface area contributed by atoms with Crippen LogP contribution in [0.3, 0.4) is 0 Å². The molecule has 1 aliphatic rings. The molecule has 1 saturated carbocycles. The quantitative estimate of drug-likeness (QED) is 0.475. The van der Waals surface area contributed by atoms with Crippen LogP contribution in [0.25, 0.3) is 0 Å². The molecule has 2 aromatic carbocycles. The van der Waals surface area contributed by atoms with E-state index in [1.165, 1.54) is 30.3 Å². The van der Waals surface area contributed by atoms with E-state index < -0.39 is 29.6 Å². The van der Waals surface area contributed by atoms with Gasteiger partial charge in [-0.25, -0.2) is 0 Å². The SMILES string of the molecule is C#CC(=O)N(c1cccc(C(F)(F)F)c1)C(C(=O)NC1CCCCC1)c1ccc(N=O)cc1. The fourth-order valence-corrected chi connectivity index (χ4v) is 3.95. The van der Waals surface area contributed by atoms with E-state index in [4.69, 9.17) is 6.42 Å². The lowest BCUT2D eigenvalue weighted by Crippen LogP contribution is -2.47. The minimum absolute atomic E-state index is 0.0964. The molecule has 33 heavy (non-hydrogen) atoms. The lowest BCUT2D eigenvalue weighted by Gasteiger charge is -2.32. The Bertz CT molecular complexity index is 1060. The van der Waals surface area contributed by atoms with Gasteiger partial charge in [0.1, 0.15) is 11.7 Å². The molecule has 1 atom stereocenters. The van der Waals surface area contributed by atoms with Crippen LogP contribution in [0.4, 0.5) is 24.5 Å². The summed E-state index contributed by atoms with van der Waals surface area (Å²) >= 11 is 0. The Morgan fingerprint density at radius 3 is 2.33 bits per heavy atom. The van der Waals surface area contributed by atoms with Crippen LogP contribution in [0.15, 0.2) is 53.7 Å². The summed E-state index contributed by atoms with van der Waals surface area (Å²) in [6, 6.07) is 8.16. The van der Waals surface area contributed by atoms with E-state index in [0.29, 0.717) is 0 Å². The molecule has 0 bridgehead atoms. The molecule has 1 N–H and O–H groups in total. The van der Waals surface area contributed by atoms with Gasteiger partial charge in [0.15, 0.2) is 0 Å². The Hall–Kier alpha value is -3.67. The predicted octanol–water partition coefficient (Wildman–Crippen LogP) is 5.26. The fourth-order valence-electron chi connectivity index (χ4n) is 3.95. The molecule has 0 saturated heterocycles. The third-order valence-electron chi connectivity index (χ3n) is 5.57. The van der Waals surface area contributed by atoms with E-state index in [2.05, 4.69) is 10.5 Å². The van der Waals surface area contributed by atoms with Gasteiger partial charge in [0.2, 0.25) is 5.91 Å². The van der Waals surface area contributed by atoms with Gasteiger partial charge >= 0.3 is 12.1 Å². The summed E-state index contributed by atoms with van der Waals surface area (Å²) in [6.45, 7) is 0. The van der Waals surface area contributed by atoms with Gasteiger partial charge in [0.05, 0.1) is 5.56 Å². The summed E-state index contributed by atoms with van der Waals surface area (Å²) < 4.78 is 40.0. The molecule has 172 valence electrons. The lowest BCUT2D eigenvalue weighted by atomic mass is 9.94. The Kier molecular flexibility index (Phi) is 7.48. The first kappa shape index (κ1) is 24.0. The van der Waals surface area contributed by atoms with Crippen LogP contribution in [0.5, 0.6) is 0 Å². The molecule has 0 heterocycles. The van der Waals surface area contributed by atoms with E-state index >= 15 is 0 Å². The van der Waals surface area contributed by atoms with Crippen molar-refractivity contribution in [1.82, 2.24) is 5.32 Å². The molecule has 3 rings (SSSR count). The smallest absolute Gasteiger partial charge is 0.351 e. The highest BCUT2D eigenvalue weighted by atomic mass is 19.4. The summed E-state index contributed by atoms with van der Waals surface area (Å²) in [4.78, 5) is 37.8. The van der Waals surface area contributed by atoms with Crippen molar-refractivity contribution in [3.05, 3.63) is 64.6 Å². The van der Waals surface area contributed by atoms with Crippen molar-refractivity contribution in [2.45, 2.75) is 50.4 Å². The van der Waals surface area contributed by atoms with Gasteiger partial charge in [-0.2, -0.15) is 13.2 Å². The minimum atomic E-state index is -4.65. The number of alkyl halides is 3. The first-order valence-corrected chi connectivity index (χ1v) is 10.5. The van der Waals surface area contributed by atoms with Crippen LogP contribution in [0.1, 0.15) is 49.3 Å². The number of anilines is 1. The molecule has 2 aromatic rings. The van der Waals surface area contributed by atoms with E-state index in [0.717, 1.165) is 55.2 Å². The topological polar surface area (TPSA) is 78.8 Å². The summed E-state index contributed by atoms with van der Waals surface area (Å²) in [6.07, 6.45) is 5.14. The zero-order chi connectivity index (χ0) is 24.0. The van der Waals surface area contributed by atoms with E-state index in [9.17, 15) is 27.7 Å². The Morgan fingerprint density at radius 2 is 1.76 bits per heavy atom. The zero-order valence-electron chi connectivity index (χ0n) is 17.6. The molecule has 2 amide bonds. The van der Waals surface area contributed by atoms with Gasteiger partial charge < -0.3 is 5.32 Å². The monoisotopic (exact) mass is 457 g/mol. The second kappa shape index (κ2) is 10.3. The number of amides is 2. The maximum atomic E-state index is 13.4. The number of benzene rings is 2. The molecule has 0 aromatic heterocycles. The number of nitroso groups, excluding NO2 is 1. The molecular formula is C24H22F3N3O3. The lowest BCUT2D eigenvalue weighted by molar-refractivity contribution is -0.137. The number of carbonyl (C=O) groups excluding carboxylic acids is 2. The summed E-state index contributed by atoms with van der Waals surface area (Å²) in [5.41, 5.74) is -0.785. The fraction of sp³-hybridized carbons (Fsp3) is 0.333. The van der Waals surface area contributed by atoms with Gasteiger partial charge in [0, 0.05) is 11.7 Å². The first-order chi connectivity index (χ1) is 15.7. The molecule has 9 heteroatoms. The van der Waals surface area contributed by atoms with Gasteiger partial charge in [-0.1, -0.05) is 37.5 Å². The molecule has 0 spiro atoms. The van der Waals surface area contributed by atoms with Crippen LogP contribution < -0.4 is 10.2 Å². The van der Waals surface area contributed by atoms with Crippen LogP contribution >= 0.6 is 0 Å². The Morgan fingerprint density at radius 1 is 1.09 bits per heavy atom. The standard InChI is InChI=1S/C24H22F3N3O3/c1-2-21(31)30(20-10-6-7-17(15-20)24(25,26)27)22(16-11-13-19(29-33)14-12-16)23(32)28-18-8-4-3-5-9-18/h1,6-7,10-15,18,22H,3-5,8-9H2,(H,28,32). The first-order valence-electron chi connectivity index (χ1n) is 10.5. The summed E-state index contributed by atoms with van der Waals surface area (Å²) in [7, 11) is 0. The van der Waals surface area contributed by atoms with Gasteiger partial charge in [0.25, 0.3) is 0 Å². The normalized spacial score (nSPS) is 15.2. The average Bonchev–Trinajstić information content (AvgIpc) is 2.82. The van der Waals surface area contributed by atoms with E-state index in [1.54, 1.807) is 0 Å². The molecule has 6 nitrogen and oxygen atoms in total. The number of nitrogens with one attached hydrogen (secondary N) is 1. The third kappa shape index (κ3) is 5.77. The van der Waals surface area contributed by atoms with Crippen molar-refractivity contribution >= 4 is 23.2 Å².